The van der Waals surface area contributed by atoms with Crippen molar-refractivity contribution < 1.29 is 9.53 Å². The summed E-state index contributed by atoms with van der Waals surface area (Å²) in [6.07, 6.45) is 2.38. The molecule has 116 valence electrons. The van der Waals surface area contributed by atoms with E-state index >= 15 is 0 Å². The fourth-order valence-corrected chi connectivity index (χ4v) is 3.59. The number of amides is 1. The van der Waals surface area contributed by atoms with Gasteiger partial charge < -0.3 is 9.30 Å². The molecule has 6 nitrogen and oxygen atoms in total. The topological polar surface area (TPSA) is 73.2 Å². The molecule has 1 amide bonds. The fraction of sp³-hybridized carbons (Fsp3) is 0.188. The number of thiazole rings is 1. The number of rotatable bonds is 3. The molecule has 0 unspecified atom stereocenters. The first-order valence-electron chi connectivity index (χ1n) is 7.14. The smallest absolute Gasteiger partial charge is 0.267 e. The van der Waals surface area contributed by atoms with E-state index in [0.29, 0.717) is 17.4 Å². The maximum absolute atomic E-state index is 12.8. The van der Waals surface area contributed by atoms with Crippen molar-refractivity contribution in [3.63, 3.8) is 0 Å². The number of methoxy groups -OCH3 is 1. The average Bonchev–Trinajstić information content (AvgIpc) is 3.20. The van der Waals surface area contributed by atoms with E-state index in [-0.39, 0.29) is 11.1 Å². The van der Waals surface area contributed by atoms with Gasteiger partial charge in [0.1, 0.15) is 11.3 Å². The summed E-state index contributed by atoms with van der Waals surface area (Å²) < 4.78 is 7.08. The summed E-state index contributed by atoms with van der Waals surface area (Å²) in [5, 5.41) is 5.65. The number of hydrogen-bond acceptors (Lipinski definition) is 5. The lowest BCUT2D eigenvalue weighted by Crippen LogP contribution is -2.29. The van der Waals surface area contributed by atoms with Gasteiger partial charge in [-0.1, -0.05) is 12.1 Å². The maximum Gasteiger partial charge on any atom is 0.267 e. The number of aromatic nitrogens is 2. The lowest BCUT2D eigenvalue weighted by atomic mass is 10.1. The van der Waals surface area contributed by atoms with Gasteiger partial charge in [0.05, 0.1) is 12.6 Å². The molecule has 0 bridgehead atoms. The molecule has 0 radical (unpaired) electrons. The van der Waals surface area contributed by atoms with Crippen LogP contribution in [0.2, 0.25) is 0 Å². The third kappa shape index (κ3) is 2.04. The molecular formula is C16H13N3O3S. The molecule has 0 saturated heterocycles. The van der Waals surface area contributed by atoms with Crippen LogP contribution in [0.15, 0.2) is 34.6 Å². The number of carbonyl (C=O) groups is 1. The molecule has 4 rings (SSSR count). The first-order chi connectivity index (χ1) is 11.2. The largest absolute Gasteiger partial charge is 0.495 e. The van der Waals surface area contributed by atoms with Gasteiger partial charge in [-0.2, -0.15) is 0 Å². The molecule has 3 heterocycles. The van der Waals surface area contributed by atoms with Gasteiger partial charge in [-0.3, -0.25) is 14.9 Å². The summed E-state index contributed by atoms with van der Waals surface area (Å²) in [4.78, 5) is 29.4. The standard InChI is InChI=1S/C16H13N3O3S/c1-22-13-10-4-2-3-9-5-7-19(12(9)10)15(21)11(13)14(20)18-16-17-6-8-23-16/h2-4,6,8H,5,7H2,1H3,(H,17,18,20). The SMILES string of the molecule is COc1c(C(=O)Nc2nccs2)c(=O)n2c3c(cccc13)CC2. The molecule has 0 aliphatic carbocycles. The van der Waals surface area contributed by atoms with E-state index in [2.05, 4.69) is 10.3 Å². The lowest BCUT2D eigenvalue weighted by Gasteiger charge is -2.13. The second-order valence-electron chi connectivity index (χ2n) is 5.22. The Morgan fingerprint density at radius 2 is 2.30 bits per heavy atom. The Balaban J connectivity index is 1.96. The second-order valence-corrected chi connectivity index (χ2v) is 6.11. The van der Waals surface area contributed by atoms with E-state index in [9.17, 15) is 9.59 Å². The highest BCUT2D eigenvalue weighted by Crippen LogP contribution is 2.33. The van der Waals surface area contributed by atoms with Crippen LogP contribution in [0.25, 0.3) is 10.9 Å². The number of nitrogens with one attached hydrogen (secondary N) is 1. The van der Waals surface area contributed by atoms with E-state index < -0.39 is 5.91 Å². The van der Waals surface area contributed by atoms with E-state index in [1.54, 1.807) is 16.1 Å². The zero-order valence-corrected chi connectivity index (χ0v) is 13.1. The molecule has 0 atom stereocenters. The molecule has 23 heavy (non-hydrogen) atoms. The molecule has 0 saturated carbocycles. The number of benzene rings is 1. The van der Waals surface area contributed by atoms with Crippen molar-refractivity contribution in [2.45, 2.75) is 13.0 Å². The molecule has 1 aliphatic rings. The van der Waals surface area contributed by atoms with Crippen molar-refractivity contribution in [2.75, 3.05) is 12.4 Å². The number of aryl methyl sites for hydroxylation is 2. The van der Waals surface area contributed by atoms with E-state index in [4.69, 9.17) is 4.74 Å². The van der Waals surface area contributed by atoms with Crippen LogP contribution in [0.5, 0.6) is 5.75 Å². The predicted octanol–water partition coefficient (Wildman–Crippen LogP) is 2.28. The summed E-state index contributed by atoms with van der Waals surface area (Å²) >= 11 is 1.30. The Morgan fingerprint density at radius 3 is 3.04 bits per heavy atom. The van der Waals surface area contributed by atoms with Crippen molar-refractivity contribution in [1.82, 2.24) is 9.55 Å². The maximum atomic E-state index is 12.8. The van der Waals surface area contributed by atoms with Crippen molar-refractivity contribution in [1.29, 1.82) is 0 Å². The van der Waals surface area contributed by atoms with Crippen LogP contribution in [0.1, 0.15) is 15.9 Å². The number of nitrogens with zero attached hydrogens (tertiary/aromatic N) is 2. The van der Waals surface area contributed by atoms with Crippen LogP contribution < -0.4 is 15.6 Å². The van der Waals surface area contributed by atoms with E-state index in [0.717, 1.165) is 22.9 Å². The number of ether oxygens (including phenoxy) is 1. The van der Waals surface area contributed by atoms with E-state index in [1.807, 2.05) is 18.2 Å². The fourth-order valence-electron chi connectivity index (χ4n) is 3.07. The Bertz CT molecular complexity index is 976. The summed E-state index contributed by atoms with van der Waals surface area (Å²) in [5.74, 6) is -0.177. The molecule has 1 N–H and O–H groups in total. The average molecular weight is 327 g/mol. The van der Waals surface area contributed by atoms with Crippen LogP contribution in [0, 0.1) is 0 Å². The minimum Gasteiger partial charge on any atom is -0.495 e. The molecule has 2 aromatic heterocycles. The van der Waals surface area contributed by atoms with Crippen molar-refractivity contribution in [2.24, 2.45) is 0 Å². The van der Waals surface area contributed by atoms with Gasteiger partial charge in [0.2, 0.25) is 0 Å². The number of pyridine rings is 1. The third-order valence-electron chi connectivity index (χ3n) is 4.01. The van der Waals surface area contributed by atoms with Crippen molar-refractivity contribution in [3.05, 3.63) is 51.3 Å². The highest BCUT2D eigenvalue weighted by molar-refractivity contribution is 7.13. The lowest BCUT2D eigenvalue weighted by molar-refractivity contribution is 0.102. The zero-order chi connectivity index (χ0) is 16.0. The Kier molecular flexibility index (Phi) is 3.16. The first-order valence-corrected chi connectivity index (χ1v) is 8.02. The van der Waals surface area contributed by atoms with Gasteiger partial charge in [0.15, 0.2) is 5.13 Å². The summed E-state index contributed by atoms with van der Waals surface area (Å²) in [5.41, 5.74) is 1.66. The van der Waals surface area contributed by atoms with Crippen LogP contribution >= 0.6 is 11.3 Å². The molecule has 3 aromatic rings. The molecule has 7 heteroatoms. The summed E-state index contributed by atoms with van der Waals surface area (Å²) in [6.45, 7) is 0.580. The number of para-hydroxylation sites is 1. The molecule has 1 aromatic carbocycles. The second kappa shape index (κ2) is 5.20. The highest BCUT2D eigenvalue weighted by atomic mass is 32.1. The third-order valence-corrected chi connectivity index (χ3v) is 4.70. The van der Waals surface area contributed by atoms with Gasteiger partial charge in [-0.25, -0.2) is 4.98 Å². The zero-order valence-electron chi connectivity index (χ0n) is 12.3. The van der Waals surface area contributed by atoms with Crippen LogP contribution in [0.3, 0.4) is 0 Å². The van der Waals surface area contributed by atoms with Gasteiger partial charge >= 0.3 is 0 Å². The summed E-state index contributed by atoms with van der Waals surface area (Å²) in [7, 11) is 1.48. The van der Waals surface area contributed by atoms with Crippen molar-refractivity contribution >= 4 is 33.3 Å². The molecule has 0 spiro atoms. The van der Waals surface area contributed by atoms with Gasteiger partial charge in [0, 0.05) is 23.5 Å². The van der Waals surface area contributed by atoms with Crippen LogP contribution in [-0.4, -0.2) is 22.6 Å². The van der Waals surface area contributed by atoms with Gasteiger partial charge in [-0.05, 0) is 18.1 Å². The van der Waals surface area contributed by atoms with E-state index in [1.165, 1.54) is 18.4 Å². The summed E-state index contributed by atoms with van der Waals surface area (Å²) in [6, 6.07) is 5.79. The normalized spacial score (nSPS) is 12.6. The van der Waals surface area contributed by atoms with Crippen molar-refractivity contribution in [3.8, 4) is 5.75 Å². The monoisotopic (exact) mass is 327 g/mol. The predicted molar refractivity (Wildman–Crippen MR) is 88.5 cm³/mol. The number of carbonyl (C=O) groups excluding carboxylic acids is 1. The van der Waals surface area contributed by atoms with Gasteiger partial charge in [0.25, 0.3) is 11.5 Å². The Labute approximate surface area is 135 Å². The highest BCUT2D eigenvalue weighted by Gasteiger charge is 2.27. The first kappa shape index (κ1) is 14.0. The minimum absolute atomic E-state index is 0.0225. The molecule has 0 fully saturated rings. The Hall–Kier alpha value is -2.67. The van der Waals surface area contributed by atoms with Crippen LogP contribution in [0.4, 0.5) is 5.13 Å². The molecular weight excluding hydrogens is 314 g/mol. The van der Waals surface area contributed by atoms with Crippen LogP contribution in [-0.2, 0) is 13.0 Å². The Morgan fingerprint density at radius 1 is 1.43 bits per heavy atom. The number of anilines is 1. The molecule has 1 aliphatic heterocycles. The number of hydrogen-bond donors (Lipinski definition) is 1. The van der Waals surface area contributed by atoms with Gasteiger partial charge in [-0.15, -0.1) is 11.3 Å². The minimum atomic E-state index is -0.496. The quantitative estimate of drug-likeness (QED) is 0.801.